The van der Waals surface area contributed by atoms with Gasteiger partial charge in [0.25, 0.3) is 0 Å². The lowest BCUT2D eigenvalue weighted by Crippen LogP contribution is -2.45. The molecular weight excluding hydrogens is 382 g/mol. The van der Waals surface area contributed by atoms with Crippen molar-refractivity contribution in [2.45, 2.75) is 19.1 Å². The van der Waals surface area contributed by atoms with Crippen LogP contribution in [0.3, 0.4) is 0 Å². The normalized spacial score (nSPS) is 11.2. The molecule has 2 aromatic carbocycles. The Bertz CT molecular complexity index is 947. The maximum absolute atomic E-state index is 12.8. The summed E-state index contributed by atoms with van der Waals surface area (Å²) in [6.45, 7) is 0.120. The fourth-order valence-corrected chi connectivity index (χ4v) is 2.77. The maximum atomic E-state index is 12.8. The third-order valence-corrected chi connectivity index (χ3v) is 4.32. The summed E-state index contributed by atoms with van der Waals surface area (Å²) < 4.78 is 10.3. The van der Waals surface area contributed by atoms with Crippen molar-refractivity contribution in [2.75, 3.05) is 12.4 Å². The van der Waals surface area contributed by atoms with E-state index in [2.05, 4.69) is 15.6 Å². The van der Waals surface area contributed by atoms with Gasteiger partial charge >= 0.3 is 6.09 Å². The number of aromatic nitrogens is 1. The average Bonchev–Trinajstić information content (AvgIpc) is 2.79. The smallest absolute Gasteiger partial charge is 0.408 e. The molecule has 7 heteroatoms. The molecule has 0 aliphatic rings. The van der Waals surface area contributed by atoms with Gasteiger partial charge in [0.05, 0.1) is 19.0 Å². The van der Waals surface area contributed by atoms with Gasteiger partial charge in [-0.2, -0.15) is 0 Å². The second-order valence-corrected chi connectivity index (χ2v) is 6.53. The number of pyridine rings is 1. The van der Waals surface area contributed by atoms with Crippen LogP contribution in [0, 0.1) is 0 Å². The molecule has 30 heavy (non-hydrogen) atoms. The molecule has 1 aromatic heterocycles. The van der Waals surface area contributed by atoms with Crippen LogP contribution in [0.5, 0.6) is 5.88 Å². The SMILES string of the molecule is COc1ccc(NC(=O)[C@H](Cc2ccccc2)NC(=O)OCc2ccccc2)cn1. The van der Waals surface area contributed by atoms with Crippen LogP contribution in [0.4, 0.5) is 10.5 Å². The largest absolute Gasteiger partial charge is 0.481 e. The molecule has 1 atom stereocenters. The number of ether oxygens (including phenoxy) is 2. The molecule has 2 N–H and O–H groups in total. The van der Waals surface area contributed by atoms with Crippen LogP contribution in [0.15, 0.2) is 79.0 Å². The van der Waals surface area contributed by atoms with Gasteiger partial charge in [0, 0.05) is 12.5 Å². The van der Waals surface area contributed by atoms with Gasteiger partial charge < -0.3 is 20.1 Å². The Kier molecular flexibility index (Phi) is 7.38. The maximum Gasteiger partial charge on any atom is 0.408 e. The molecule has 0 unspecified atom stereocenters. The highest BCUT2D eigenvalue weighted by molar-refractivity contribution is 5.96. The minimum Gasteiger partial charge on any atom is -0.481 e. The van der Waals surface area contributed by atoms with Gasteiger partial charge in [0.1, 0.15) is 12.6 Å². The summed E-state index contributed by atoms with van der Waals surface area (Å²) in [5, 5.41) is 5.43. The highest BCUT2D eigenvalue weighted by Gasteiger charge is 2.22. The summed E-state index contributed by atoms with van der Waals surface area (Å²) in [5.41, 5.74) is 2.27. The number of hydrogen-bond donors (Lipinski definition) is 2. The summed E-state index contributed by atoms with van der Waals surface area (Å²) in [6.07, 6.45) is 1.14. The molecule has 3 aromatic rings. The predicted octanol–water partition coefficient (Wildman–Crippen LogP) is 3.57. The topological polar surface area (TPSA) is 89.6 Å². The fraction of sp³-hybridized carbons (Fsp3) is 0.174. The quantitative estimate of drug-likeness (QED) is 0.598. The number of carbonyl (C=O) groups excluding carboxylic acids is 2. The van der Waals surface area contributed by atoms with Gasteiger partial charge in [-0.1, -0.05) is 60.7 Å². The summed E-state index contributed by atoms with van der Waals surface area (Å²) in [7, 11) is 1.52. The van der Waals surface area contributed by atoms with Crippen molar-refractivity contribution in [3.05, 3.63) is 90.1 Å². The van der Waals surface area contributed by atoms with Gasteiger partial charge in [-0.3, -0.25) is 4.79 Å². The van der Waals surface area contributed by atoms with Crippen LogP contribution in [0.1, 0.15) is 11.1 Å². The van der Waals surface area contributed by atoms with Crippen molar-refractivity contribution in [1.29, 1.82) is 0 Å². The van der Waals surface area contributed by atoms with Crippen LogP contribution < -0.4 is 15.4 Å². The molecule has 154 valence electrons. The summed E-state index contributed by atoms with van der Waals surface area (Å²) >= 11 is 0. The number of amides is 2. The number of carbonyl (C=O) groups is 2. The molecular formula is C23H23N3O4. The van der Waals surface area contributed by atoms with Crippen molar-refractivity contribution in [2.24, 2.45) is 0 Å². The van der Waals surface area contributed by atoms with E-state index in [4.69, 9.17) is 9.47 Å². The van der Waals surface area contributed by atoms with Crippen molar-refractivity contribution in [3.8, 4) is 5.88 Å². The van der Waals surface area contributed by atoms with Crippen molar-refractivity contribution in [1.82, 2.24) is 10.3 Å². The lowest BCUT2D eigenvalue weighted by atomic mass is 10.1. The van der Waals surface area contributed by atoms with Gasteiger partial charge in [-0.15, -0.1) is 0 Å². The van der Waals surface area contributed by atoms with Gasteiger partial charge in [-0.25, -0.2) is 9.78 Å². The Labute approximate surface area is 175 Å². The number of hydrogen-bond acceptors (Lipinski definition) is 5. The Morgan fingerprint density at radius 1 is 0.933 bits per heavy atom. The van der Waals surface area contributed by atoms with E-state index in [1.165, 1.54) is 13.3 Å². The molecule has 0 fully saturated rings. The van der Waals surface area contributed by atoms with Gasteiger partial charge in [0.15, 0.2) is 0 Å². The monoisotopic (exact) mass is 405 g/mol. The van der Waals surface area contributed by atoms with Crippen LogP contribution in [0.25, 0.3) is 0 Å². The highest BCUT2D eigenvalue weighted by Crippen LogP contribution is 2.12. The molecule has 0 bridgehead atoms. The van der Waals surface area contributed by atoms with Gasteiger partial charge in [-0.05, 0) is 17.2 Å². The van der Waals surface area contributed by atoms with Crippen LogP contribution >= 0.6 is 0 Å². The van der Waals surface area contributed by atoms with Gasteiger partial charge in [0.2, 0.25) is 11.8 Å². The number of methoxy groups -OCH3 is 1. The zero-order valence-electron chi connectivity index (χ0n) is 16.6. The Balaban J connectivity index is 1.65. The predicted molar refractivity (Wildman–Crippen MR) is 113 cm³/mol. The first-order chi connectivity index (χ1) is 14.6. The van der Waals surface area contributed by atoms with E-state index in [0.29, 0.717) is 18.0 Å². The Morgan fingerprint density at radius 3 is 2.20 bits per heavy atom. The first-order valence-electron chi connectivity index (χ1n) is 9.46. The molecule has 0 aliphatic carbocycles. The molecule has 0 saturated carbocycles. The van der Waals surface area contributed by atoms with Crippen LogP contribution in [-0.4, -0.2) is 30.1 Å². The van der Waals surface area contributed by atoms with E-state index in [-0.39, 0.29) is 12.5 Å². The number of anilines is 1. The number of alkyl carbamates (subject to hydrolysis) is 1. The third-order valence-electron chi connectivity index (χ3n) is 4.32. The highest BCUT2D eigenvalue weighted by atomic mass is 16.5. The number of rotatable bonds is 8. The molecule has 0 saturated heterocycles. The minimum atomic E-state index is -0.822. The number of benzene rings is 2. The van der Waals surface area contributed by atoms with Crippen LogP contribution in [-0.2, 0) is 22.6 Å². The summed E-state index contributed by atoms with van der Waals surface area (Å²) in [6, 6.07) is 21.3. The van der Waals surface area contributed by atoms with E-state index >= 15 is 0 Å². The van der Waals surface area contributed by atoms with E-state index in [9.17, 15) is 9.59 Å². The van der Waals surface area contributed by atoms with Crippen molar-refractivity contribution < 1.29 is 19.1 Å². The van der Waals surface area contributed by atoms with Crippen molar-refractivity contribution in [3.63, 3.8) is 0 Å². The fourth-order valence-electron chi connectivity index (χ4n) is 2.77. The van der Waals surface area contributed by atoms with Crippen molar-refractivity contribution >= 4 is 17.7 Å². The third kappa shape index (κ3) is 6.34. The Hall–Kier alpha value is -3.87. The number of nitrogens with zero attached hydrogens (tertiary/aromatic N) is 1. The summed E-state index contributed by atoms with van der Waals surface area (Å²) in [4.78, 5) is 29.2. The minimum absolute atomic E-state index is 0.120. The zero-order valence-corrected chi connectivity index (χ0v) is 16.6. The van der Waals surface area contributed by atoms with E-state index in [0.717, 1.165) is 11.1 Å². The molecule has 3 rings (SSSR count). The summed E-state index contributed by atoms with van der Waals surface area (Å²) in [5.74, 6) is 0.0685. The van der Waals surface area contributed by atoms with Crippen LogP contribution in [0.2, 0.25) is 0 Å². The zero-order chi connectivity index (χ0) is 21.2. The lowest BCUT2D eigenvalue weighted by Gasteiger charge is -2.18. The lowest BCUT2D eigenvalue weighted by molar-refractivity contribution is -0.118. The standard InChI is InChI=1S/C23H23N3O4/c1-29-21-13-12-19(15-24-21)25-22(27)20(14-17-8-4-2-5-9-17)26-23(28)30-16-18-10-6-3-7-11-18/h2-13,15,20H,14,16H2,1H3,(H,25,27)(H,26,28)/t20-/m0/s1. The average molecular weight is 405 g/mol. The Morgan fingerprint density at radius 2 is 1.60 bits per heavy atom. The molecule has 0 radical (unpaired) electrons. The van der Waals surface area contributed by atoms with E-state index in [1.807, 2.05) is 60.7 Å². The number of nitrogens with one attached hydrogen (secondary N) is 2. The molecule has 1 heterocycles. The molecule has 0 spiro atoms. The molecule has 7 nitrogen and oxygen atoms in total. The second-order valence-electron chi connectivity index (χ2n) is 6.53. The second kappa shape index (κ2) is 10.6. The molecule has 2 amide bonds. The first kappa shape index (κ1) is 20.9. The van der Waals surface area contributed by atoms with E-state index in [1.54, 1.807) is 12.1 Å². The molecule has 0 aliphatic heterocycles. The van der Waals surface area contributed by atoms with E-state index < -0.39 is 12.1 Å². The first-order valence-corrected chi connectivity index (χ1v) is 9.46.